The van der Waals surface area contributed by atoms with Gasteiger partial charge in [0.15, 0.2) is 5.65 Å². The Morgan fingerprint density at radius 3 is 2.54 bits per heavy atom. The van der Waals surface area contributed by atoms with E-state index in [0.29, 0.717) is 12.0 Å². The maximum atomic E-state index is 4.88. The standard InChI is InChI=1S/C20H22N6/c1-13(2)18-22-15-7-4-5-9-17(15)26(18)14-11-25(12-14)20-23-16-8-6-10-21-19(16)24(20)3/h4-10,13-14H,11-12H2,1-3H3. The summed E-state index contributed by atoms with van der Waals surface area (Å²) < 4.78 is 4.51. The summed E-state index contributed by atoms with van der Waals surface area (Å²) in [4.78, 5) is 16.4. The summed E-state index contributed by atoms with van der Waals surface area (Å²) in [7, 11) is 2.04. The highest BCUT2D eigenvalue weighted by molar-refractivity contribution is 5.77. The van der Waals surface area contributed by atoms with E-state index >= 15 is 0 Å². The smallest absolute Gasteiger partial charge is 0.207 e. The molecule has 4 heterocycles. The summed E-state index contributed by atoms with van der Waals surface area (Å²) in [5.74, 6) is 2.56. The Morgan fingerprint density at radius 1 is 1.00 bits per heavy atom. The van der Waals surface area contributed by atoms with Crippen molar-refractivity contribution in [2.24, 2.45) is 7.05 Å². The van der Waals surface area contributed by atoms with Gasteiger partial charge in [0.1, 0.15) is 11.3 Å². The van der Waals surface area contributed by atoms with Gasteiger partial charge in [0.2, 0.25) is 5.95 Å². The van der Waals surface area contributed by atoms with Gasteiger partial charge in [-0.1, -0.05) is 26.0 Å². The molecule has 0 aliphatic carbocycles. The van der Waals surface area contributed by atoms with E-state index in [-0.39, 0.29) is 0 Å². The van der Waals surface area contributed by atoms with Crippen molar-refractivity contribution in [2.45, 2.75) is 25.8 Å². The van der Waals surface area contributed by atoms with Crippen molar-refractivity contribution in [3.8, 4) is 0 Å². The van der Waals surface area contributed by atoms with Gasteiger partial charge in [-0.05, 0) is 24.3 Å². The van der Waals surface area contributed by atoms with E-state index in [9.17, 15) is 0 Å². The molecule has 1 saturated heterocycles. The van der Waals surface area contributed by atoms with Gasteiger partial charge in [0.05, 0.1) is 17.1 Å². The molecule has 1 aliphatic heterocycles. The fourth-order valence-electron chi connectivity index (χ4n) is 3.93. The van der Waals surface area contributed by atoms with Crippen LogP contribution >= 0.6 is 0 Å². The molecule has 5 rings (SSSR count). The summed E-state index contributed by atoms with van der Waals surface area (Å²) in [6.07, 6.45) is 1.82. The van der Waals surface area contributed by atoms with Crippen LogP contribution in [0.15, 0.2) is 42.6 Å². The summed E-state index contributed by atoms with van der Waals surface area (Å²) >= 11 is 0. The van der Waals surface area contributed by atoms with E-state index in [0.717, 1.165) is 35.7 Å². The zero-order valence-corrected chi connectivity index (χ0v) is 15.3. The summed E-state index contributed by atoms with van der Waals surface area (Å²) in [5, 5.41) is 0. The highest BCUT2D eigenvalue weighted by atomic mass is 15.4. The minimum Gasteiger partial charge on any atom is -0.338 e. The average molecular weight is 346 g/mol. The Hall–Kier alpha value is -2.89. The van der Waals surface area contributed by atoms with Gasteiger partial charge in [-0.15, -0.1) is 0 Å². The van der Waals surface area contributed by atoms with Crippen LogP contribution in [0.2, 0.25) is 0 Å². The first-order valence-corrected chi connectivity index (χ1v) is 9.12. The normalized spacial score (nSPS) is 15.3. The number of benzene rings is 1. The molecule has 1 aliphatic rings. The number of imidazole rings is 2. The van der Waals surface area contributed by atoms with Crippen LogP contribution in [0.4, 0.5) is 5.95 Å². The predicted molar refractivity (Wildman–Crippen MR) is 104 cm³/mol. The largest absolute Gasteiger partial charge is 0.338 e. The van der Waals surface area contributed by atoms with Crippen LogP contribution in [-0.4, -0.2) is 37.2 Å². The molecule has 0 saturated carbocycles. The van der Waals surface area contributed by atoms with Gasteiger partial charge < -0.3 is 9.47 Å². The first-order valence-electron chi connectivity index (χ1n) is 9.12. The molecule has 0 N–H and O–H groups in total. The number of hydrogen-bond donors (Lipinski definition) is 0. The Morgan fingerprint density at radius 2 is 1.77 bits per heavy atom. The molecule has 0 atom stereocenters. The average Bonchev–Trinajstić information content (AvgIpc) is 3.14. The fraction of sp³-hybridized carbons (Fsp3) is 0.350. The Labute approximate surface area is 152 Å². The molecule has 4 aromatic rings. The van der Waals surface area contributed by atoms with Crippen molar-refractivity contribution in [1.29, 1.82) is 0 Å². The second-order valence-electron chi connectivity index (χ2n) is 7.36. The van der Waals surface area contributed by atoms with Crippen LogP contribution in [0.5, 0.6) is 0 Å². The molecule has 0 spiro atoms. The number of para-hydroxylation sites is 2. The van der Waals surface area contributed by atoms with Crippen LogP contribution in [0.25, 0.3) is 22.2 Å². The van der Waals surface area contributed by atoms with Crippen molar-refractivity contribution in [3.63, 3.8) is 0 Å². The predicted octanol–water partition coefficient (Wildman–Crippen LogP) is 3.50. The van der Waals surface area contributed by atoms with Crippen LogP contribution in [0.3, 0.4) is 0 Å². The zero-order chi connectivity index (χ0) is 17.8. The summed E-state index contributed by atoms with van der Waals surface area (Å²) in [6, 6.07) is 12.8. The molecule has 0 amide bonds. The quantitative estimate of drug-likeness (QED) is 0.570. The molecule has 132 valence electrons. The molecule has 26 heavy (non-hydrogen) atoms. The van der Waals surface area contributed by atoms with Gasteiger partial charge in [0.25, 0.3) is 0 Å². The topological polar surface area (TPSA) is 51.8 Å². The van der Waals surface area contributed by atoms with Crippen molar-refractivity contribution < 1.29 is 0 Å². The fourth-order valence-corrected chi connectivity index (χ4v) is 3.93. The first-order chi connectivity index (χ1) is 12.6. The molecular formula is C20H22N6. The second-order valence-corrected chi connectivity index (χ2v) is 7.36. The first kappa shape index (κ1) is 15.4. The van der Waals surface area contributed by atoms with Crippen molar-refractivity contribution in [1.82, 2.24) is 24.1 Å². The highest BCUT2D eigenvalue weighted by Gasteiger charge is 2.34. The van der Waals surface area contributed by atoms with Crippen molar-refractivity contribution in [2.75, 3.05) is 18.0 Å². The second kappa shape index (κ2) is 5.56. The number of nitrogens with zero attached hydrogens (tertiary/aromatic N) is 6. The number of aromatic nitrogens is 5. The molecule has 3 aromatic heterocycles. The minimum atomic E-state index is 0.399. The van der Waals surface area contributed by atoms with Crippen LogP contribution in [-0.2, 0) is 7.05 Å². The maximum absolute atomic E-state index is 4.88. The van der Waals surface area contributed by atoms with Gasteiger partial charge in [-0.3, -0.25) is 4.57 Å². The Balaban J connectivity index is 1.49. The third-order valence-corrected chi connectivity index (χ3v) is 5.25. The number of anilines is 1. The Bertz CT molecular complexity index is 1100. The Kier molecular flexibility index (Phi) is 3.29. The summed E-state index contributed by atoms with van der Waals surface area (Å²) in [6.45, 7) is 6.31. The van der Waals surface area contributed by atoms with Gasteiger partial charge in [-0.2, -0.15) is 0 Å². The lowest BCUT2D eigenvalue weighted by Gasteiger charge is -2.41. The van der Waals surface area contributed by atoms with E-state index in [1.165, 1.54) is 11.3 Å². The number of pyridine rings is 1. The number of fused-ring (bicyclic) bond motifs is 2. The van der Waals surface area contributed by atoms with Crippen LogP contribution in [0.1, 0.15) is 31.6 Å². The summed E-state index contributed by atoms with van der Waals surface area (Å²) in [5.41, 5.74) is 4.19. The van der Waals surface area contributed by atoms with Crippen molar-refractivity contribution in [3.05, 3.63) is 48.4 Å². The van der Waals surface area contributed by atoms with Crippen LogP contribution < -0.4 is 4.90 Å². The molecule has 0 radical (unpaired) electrons. The van der Waals surface area contributed by atoms with Gasteiger partial charge in [0, 0.05) is 32.3 Å². The lowest BCUT2D eigenvalue weighted by atomic mass is 10.1. The molecule has 6 nitrogen and oxygen atoms in total. The third-order valence-electron chi connectivity index (χ3n) is 5.25. The van der Waals surface area contributed by atoms with E-state index in [1.807, 2.05) is 25.4 Å². The molecule has 0 bridgehead atoms. The van der Waals surface area contributed by atoms with Crippen molar-refractivity contribution >= 4 is 28.1 Å². The minimum absolute atomic E-state index is 0.399. The molecular weight excluding hydrogens is 324 g/mol. The van der Waals surface area contributed by atoms with Gasteiger partial charge >= 0.3 is 0 Å². The molecule has 6 heteroatoms. The van der Waals surface area contributed by atoms with Gasteiger partial charge in [-0.25, -0.2) is 15.0 Å². The van der Waals surface area contributed by atoms with E-state index in [2.05, 4.69) is 57.1 Å². The van der Waals surface area contributed by atoms with E-state index in [1.54, 1.807) is 0 Å². The lowest BCUT2D eigenvalue weighted by Crippen LogP contribution is -2.49. The van der Waals surface area contributed by atoms with Crippen LogP contribution in [0, 0.1) is 0 Å². The maximum Gasteiger partial charge on any atom is 0.207 e. The SMILES string of the molecule is CC(C)c1nc2ccccc2n1C1CN(c2nc3cccnc3n2C)C1. The molecule has 1 fully saturated rings. The number of rotatable bonds is 3. The number of hydrogen-bond acceptors (Lipinski definition) is 4. The zero-order valence-electron chi connectivity index (χ0n) is 15.3. The van der Waals surface area contributed by atoms with E-state index < -0.39 is 0 Å². The molecule has 0 unspecified atom stereocenters. The monoisotopic (exact) mass is 346 g/mol. The lowest BCUT2D eigenvalue weighted by molar-refractivity contribution is 0.385. The highest BCUT2D eigenvalue weighted by Crippen LogP contribution is 2.34. The molecule has 1 aromatic carbocycles. The third kappa shape index (κ3) is 2.14. The number of aryl methyl sites for hydroxylation is 1. The van der Waals surface area contributed by atoms with E-state index in [4.69, 9.17) is 9.97 Å².